The van der Waals surface area contributed by atoms with Crippen molar-refractivity contribution in [1.82, 2.24) is 28.7 Å². The molecule has 2 aromatic carbocycles. The van der Waals surface area contributed by atoms with E-state index in [1.165, 1.54) is 22.8 Å². The van der Waals surface area contributed by atoms with Crippen molar-refractivity contribution in [3.05, 3.63) is 130 Å². The van der Waals surface area contributed by atoms with Crippen molar-refractivity contribution in [2.45, 2.75) is 27.7 Å². The summed E-state index contributed by atoms with van der Waals surface area (Å²) in [5.74, 6) is 1.92. The van der Waals surface area contributed by atoms with Gasteiger partial charge in [0.05, 0.1) is 11.4 Å². The number of halogens is 1. The molecule has 37 heavy (non-hydrogen) atoms. The minimum Gasteiger partial charge on any atom is -0.302 e. The molecule has 0 spiro atoms. The molecular formula is C30H29IN6. The van der Waals surface area contributed by atoms with Crippen molar-refractivity contribution in [2.24, 2.45) is 0 Å². The van der Waals surface area contributed by atoms with E-state index >= 15 is 0 Å². The van der Waals surface area contributed by atoms with Crippen LogP contribution in [0.25, 0.3) is 23.0 Å². The van der Waals surface area contributed by atoms with Crippen LogP contribution in [0.3, 0.4) is 0 Å². The molecule has 0 radical (unpaired) electrons. The van der Waals surface area contributed by atoms with Gasteiger partial charge in [-0.25, -0.2) is 9.36 Å². The molecule has 186 valence electrons. The normalized spacial score (nSPS) is 10.8. The van der Waals surface area contributed by atoms with Gasteiger partial charge in [-0.05, 0) is 98.8 Å². The van der Waals surface area contributed by atoms with Gasteiger partial charge in [0.2, 0.25) is 0 Å². The first-order valence-corrected chi connectivity index (χ1v) is 13.2. The minimum absolute atomic E-state index is 0.957. The highest BCUT2D eigenvalue weighted by molar-refractivity contribution is 14.1. The summed E-state index contributed by atoms with van der Waals surface area (Å²) < 4.78 is 9.29. The zero-order valence-electron chi connectivity index (χ0n) is 21.4. The smallest absolute Gasteiger partial charge is 0.160 e. The fraction of sp³-hybridized carbons (Fsp3) is 0.133. The molecule has 0 unspecified atom stereocenters. The Morgan fingerprint density at radius 3 is 1.57 bits per heavy atom. The van der Waals surface area contributed by atoms with Gasteiger partial charge in [-0.1, -0.05) is 36.4 Å². The maximum atomic E-state index is 4.72. The summed E-state index contributed by atoms with van der Waals surface area (Å²) in [6.45, 7) is 8.38. The van der Waals surface area contributed by atoms with Crippen molar-refractivity contribution in [2.75, 3.05) is 0 Å². The van der Waals surface area contributed by atoms with Crippen LogP contribution in [-0.4, -0.2) is 28.7 Å². The SMILES string of the molecule is Cc1ccc(C)n1-c1cc(I)n(-c2ccccc2)n1.Cc1ccc(C)n1-c1ccn(-c2ccccc2)n1. The Kier molecular flexibility index (Phi) is 7.14. The van der Waals surface area contributed by atoms with Gasteiger partial charge in [-0.3, -0.25) is 0 Å². The summed E-state index contributed by atoms with van der Waals surface area (Å²) in [4.78, 5) is 0. The lowest BCUT2D eigenvalue weighted by Gasteiger charge is -2.05. The van der Waals surface area contributed by atoms with E-state index in [1.807, 2.05) is 70.2 Å². The second-order valence-electron chi connectivity index (χ2n) is 8.93. The van der Waals surface area contributed by atoms with E-state index in [1.54, 1.807) is 0 Å². The fourth-order valence-electron chi connectivity index (χ4n) is 4.42. The second kappa shape index (κ2) is 10.6. The third kappa shape index (κ3) is 5.17. The summed E-state index contributed by atoms with van der Waals surface area (Å²) >= 11 is 2.32. The summed E-state index contributed by atoms with van der Waals surface area (Å²) in [5.41, 5.74) is 6.96. The van der Waals surface area contributed by atoms with E-state index < -0.39 is 0 Å². The molecule has 0 bridgehead atoms. The molecule has 6 nitrogen and oxygen atoms in total. The van der Waals surface area contributed by atoms with Gasteiger partial charge in [-0.2, -0.15) is 0 Å². The predicted octanol–water partition coefficient (Wildman–Crippen LogP) is 7.16. The summed E-state index contributed by atoms with van der Waals surface area (Å²) in [6, 6.07) is 32.9. The number of aromatic nitrogens is 6. The van der Waals surface area contributed by atoms with Gasteiger partial charge in [0.1, 0.15) is 3.70 Å². The highest BCUT2D eigenvalue weighted by Crippen LogP contribution is 2.20. The van der Waals surface area contributed by atoms with Crippen molar-refractivity contribution >= 4 is 22.6 Å². The Balaban J connectivity index is 0.000000152. The lowest BCUT2D eigenvalue weighted by molar-refractivity contribution is 0.816. The number of para-hydroxylation sites is 2. The van der Waals surface area contributed by atoms with Gasteiger partial charge >= 0.3 is 0 Å². The number of hydrogen-bond acceptors (Lipinski definition) is 2. The molecule has 0 atom stereocenters. The number of nitrogens with zero attached hydrogens (tertiary/aromatic N) is 6. The predicted molar refractivity (Wildman–Crippen MR) is 157 cm³/mol. The molecule has 7 heteroatoms. The Hall–Kier alpha value is -3.85. The summed E-state index contributed by atoms with van der Waals surface area (Å²) in [7, 11) is 0. The van der Waals surface area contributed by atoms with Gasteiger partial charge in [-0.15, -0.1) is 10.2 Å². The van der Waals surface area contributed by atoms with Crippen LogP contribution in [0.4, 0.5) is 0 Å². The van der Waals surface area contributed by atoms with Crippen LogP contribution in [-0.2, 0) is 0 Å². The topological polar surface area (TPSA) is 45.5 Å². The van der Waals surface area contributed by atoms with Crippen molar-refractivity contribution in [1.29, 1.82) is 0 Å². The molecule has 4 aromatic heterocycles. The highest BCUT2D eigenvalue weighted by atomic mass is 127. The second-order valence-corrected chi connectivity index (χ2v) is 10.0. The van der Waals surface area contributed by atoms with Crippen LogP contribution in [0, 0.1) is 31.4 Å². The Morgan fingerprint density at radius 2 is 1.03 bits per heavy atom. The number of benzene rings is 2. The summed E-state index contributed by atoms with van der Waals surface area (Å²) in [6.07, 6.45) is 1.99. The lowest BCUT2D eigenvalue weighted by atomic mass is 10.3. The molecule has 0 fully saturated rings. The zero-order chi connectivity index (χ0) is 25.9. The maximum absolute atomic E-state index is 4.72. The maximum Gasteiger partial charge on any atom is 0.160 e. The Labute approximate surface area is 230 Å². The summed E-state index contributed by atoms with van der Waals surface area (Å²) in [5, 5.41) is 9.34. The van der Waals surface area contributed by atoms with Crippen LogP contribution in [0.1, 0.15) is 22.8 Å². The average molecular weight is 601 g/mol. The van der Waals surface area contributed by atoms with Gasteiger partial charge < -0.3 is 9.13 Å². The number of rotatable bonds is 4. The molecule has 4 heterocycles. The molecule has 6 aromatic rings. The van der Waals surface area contributed by atoms with E-state index in [-0.39, 0.29) is 0 Å². The highest BCUT2D eigenvalue weighted by Gasteiger charge is 2.11. The third-order valence-corrected chi connectivity index (χ3v) is 7.02. The fourth-order valence-corrected chi connectivity index (χ4v) is 5.09. The lowest BCUT2D eigenvalue weighted by Crippen LogP contribution is -2.02. The first-order chi connectivity index (χ1) is 17.9. The Bertz CT molecular complexity index is 1580. The molecule has 0 saturated carbocycles. The van der Waals surface area contributed by atoms with Gasteiger partial charge in [0.25, 0.3) is 0 Å². The molecule has 0 aliphatic heterocycles. The first-order valence-electron chi connectivity index (χ1n) is 12.1. The third-order valence-electron chi connectivity index (χ3n) is 6.25. The minimum atomic E-state index is 0.957. The van der Waals surface area contributed by atoms with Crippen LogP contribution in [0.15, 0.2) is 103 Å². The van der Waals surface area contributed by atoms with Crippen LogP contribution in [0.2, 0.25) is 0 Å². The molecule has 6 rings (SSSR count). The molecule has 0 aliphatic carbocycles. The van der Waals surface area contributed by atoms with E-state index in [4.69, 9.17) is 5.10 Å². The monoisotopic (exact) mass is 600 g/mol. The van der Waals surface area contributed by atoms with Crippen molar-refractivity contribution in [3.8, 4) is 23.0 Å². The van der Waals surface area contributed by atoms with Crippen molar-refractivity contribution < 1.29 is 0 Å². The number of hydrogen-bond donors (Lipinski definition) is 0. The molecule has 0 aliphatic rings. The standard InChI is InChI=1S/C15H14IN3.C15H15N3/c1-11-8-9-12(2)18(11)15-10-14(16)19(17-15)13-6-4-3-5-7-13;1-12-8-9-13(2)18(12)15-10-11-17(16-15)14-6-4-3-5-7-14/h3-10H,1-2H3;3-11H,1-2H3. The van der Waals surface area contributed by atoms with Crippen molar-refractivity contribution in [3.63, 3.8) is 0 Å². The Morgan fingerprint density at radius 1 is 0.541 bits per heavy atom. The quantitative estimate of drug-likeness (QED) is 0.202. The molecule has 0 N–H and O–H groups in total. The molecular weight excluding hydrogens is 571 g/mol. The zero-order valence-corrected chi connectivity index (χ0v) is 23.5. The first kappa shape index (κ1) is 24.8. The largest absolute Gasteiger partial charge is 0.302 e. The van der Waals surface area contributed by atoms with Crippen LogP contribution < -0.4 is 0 Å². The molecule has 0 amide bonds. The van der Waals surface area contributed by atoms with E-state index in [9.17, 15) is 0 Å². The van der Waals surface area contributed by atoms with E-state index in [2.05, 4.69) is 107 Å². The van der Waals surface area contributed by atoms with E-state index in [0.717, 1.165) is 26.7 Å². The van der Waals surface area contributed by atoms with Gasteiger partial charge in [0.15, 0.2) is 11.6 Å². The van der Waals surface area contributed by atoms with Gasteiger partial charge in [0, 0.05) is 41.1 Å². The molecule has 0 saturated heterocycles. The average Bonchev–Trinajstić information content (AvgIpc) is 3.68. The number of aryl methyl sites for hydroxylation is 4. The van der Waals surface area contributed by atoms with E-state index in [0.29, 0.717) is 0 Å². The van der Waals surface area contributed by atoms with Crippen LogP contribution >= 0.6 is 22.6 Å². The van der Waals surface area contributed by atoms with Crippen LogP contribution in [0.5, 0.6) is 0 Å².